The normalized spacial score (nSPS) is 16.6. The van der Waals surface area contributed by atoms with Gasteiger partial charge in [0, 0.05) is 26.2 Å². The van der Waals surface area contributed by atoms with Gasteiger partial charge in [-0.25, -0.2) is 8.42 Å². The van der Waals surface area contributed by atoms with Crippen molar-refractivity contribution < 1.29 is 17.9 Å². The lowest BCUT2D eigenvalue weighted by Crippen LogP contribution is -2.51. The summed E-state index contributed by atoms with van der Waals surface area (Å²) in [5, 5.41) is 0. The first-order chi connectivity index (χ1) is 12.0. The van der Waals surface area contributed by atoms with Crippen LogP contribution >= 0.6 is 0 Å². The molecule has 1 aliphatic heterocycles. The fourth-order valence-corrected chi connectivity index (χ4v) is 4.07. The van der Waals surface area contributed by atoms with Gasteiger partial charge in [0.05, 0.1) is 5.75 Å². The number of sulfonamides is 1. The summed E-state index contributed by atoms with van der Waals surface area (Å²) in [4.78, 5) is 14.1. The molecule has 1 aromatic carbocycles. The van der Waals surface area contributed by atoms with Crippen LogP contribution in [-0.2, 0) is 20.2 Å². The summed E-state index contributed by atoms with van der Waals surface area (Å²) in [7, 11) is -3.19. The van der Waals surface area contributed by atoms with E-state index >= 15 is 0 Å². The minimum absolute atomic E-state index is 0.0351. The maximum Gasteiger partial charge on any atom is 0.260 e. The highest BCUT2D eigenvalue weighted by molar-refractivity contribution is 7.89. The van der Waals surface area contributed by atoms with E-state index in [2.05, 4.69) is 26.8 Å². The van der Waals surface area contributed by atoms with Gasteiger partial charge >= 0.3 is 0 Å². The molecule has 1 aliphatic rings. The molecule has 0 bridgehead atoms. The monoisotopic (exact) mass is 382 g/mol. The molecule has 0 unspecified atom stereocenters. The summed E-state index contributed by atoms with van der Waals surface area (Å²) in [5.41, 5.74) is 2.15. The van der Waals surface area contributed by atoms with Crippen molar-refractivity contribution in [3.63, 3.8) is 0 Å². The topological polar surface area (TPSA) is 66.9 Å². The van der Waals surface area contributed by atoms with E-state index in [9.17, 15) is 13.2 Å². The maximum atomic E-state index is 12.5. The van der Waals surface area contributed by atoms with Gasteiger partial charge in [0.25, 0.3) is 5.91 Å². The lowest BCUT2D eigenvalue weighted by molar-refractivity contribution is -0.134. The fourth-order valence-electron chi connectivity index (χ4n) is 2.98. The number of rotatable bonds is 5. The van der Waals surface area contributed by atoms with Crippen molar-refractivity contribution in [1.29, 1.82) is 0 Å². The third-order valence-electron chi connectivity index (χ3n) is 4.64. The summed E-state index contributed by atoms with van der Waals surface area (Å²) in [5.74, 6) is 0.704. The highest BCUT2D eigenvalue weighted by Gasteiger charge is 2.28. The first-order valence-electron chi connectivity index (χ1n) is 9.04. The maximum absolute atomic E-state index is 12.5. The molecule has 0 spiro atoms. The number of amides is 1. The summed E-state index contributed by atoms with van der Waals surface area (Å²) in [6, 6.07) is 5.98. The Bertz CT molecular complexity index is 745. The van der Waals surface area contributed by atoms with E-state index in [0.717, 1.165) is 16.9 Å². The molecule has 1 amide bonds. The molecule has 1 aromatic rings. The third-order valence-corrected chi connectivity index (χ3v) is 6.53. The van der Waals surface area contributed by atoms with E-state index in [1.54, 1.807) is 11.8 Å². The number of carbonyl (C=O) groups is 1. The van der Waals surface area contributed by atoms with Crippen molar-refractivity contribution in [3.8, 4) is 5.75 Å². The van der Waals surface area contributed by atoms with Gasteiger partial charge < -0.3 is 9.64 Å². The molecule has 26 heavy (non-hydrogen) atoms. The molecular weight excluding hydrogens is 352 g/mol. The highest BCUT2D eigenvalue weighted by Crippen LogP contribution is 2.32. The van der Waals surface area contributed by atoms with Crippen molar-refractivity contribution in [2.45, 2.75) is 40.0 Å². The Labute approximate surface area is 157 Å². The van der Waals surface area contributed by atoms with Crippen LogP contribution in [0.5, 0.6) is 5.75 Å². The Morgan fingerprint density at radius 2 is 1.77 bits per heavy atom. The summed E-state index contributed by atoms with van der Waals surface area (Å²) in [6.07, 6.45) is 0. The van der Waals surface area contributed by atoms with E-state index in [-0.39, 0.29) is 23.7 Å². The van der Waals surface area contributed by atoms with Crippen molar-refractivity contribution in [2.75, 3.05) is 38.5 Å². The zero-order chi connectivity index (χ0) is 19.5. The van der Waals surface area contributed by atoms with Gasteiger partial charge in [-0.05, 0) is 30.9 Å². The minimum atomic E-state index is -3.19. The number of hydrogen-bond donors (Lipinski definition) is 0. The van der Waals surface area contributed by atoms with Gasteiger partial charge in [-0.1, -0.05) is 38.5 Å². The highest BCUT2D eigenvalue weighted by atomic mass is 32.2. The lowest BCUT2D eigenvalue weighted by Gasteiger charge is -2.34. The Morgan fingerprint density at radius 1 is 1.15 bits per heavy atom. The number of hydrogen-bond acceptors (Lipinski definition) is 4. The number of ether oxygens (including phenoxy) is 1. The quantitative estimate of drug-likeness (QED) is 0.783. The van der Waals surface area contributed by atoms with Crippen LogP contribution < -0.4 is 4.74 Å². The van der Waals surface area contributed by atoms with Gasteiger partial charge in [-0.2, -0.15) is 4.31 Å². The number of aryl methyl sites for hydroxylation is 1. The second kappa shape index (κ2) is 7.96. The first-order valence-corrected chi connectivity index (χ1v) is 10.6. The summed E-state index contributed by atoms with van der Waals surface area (Å²) >= 11 is 0. The molecule has 1 saturated heterocycles. The van der Waals surface area contributed by atoms with Crippen molar-refractivity contribution >= 4 is 15.9 Å². The van der Waals surface area contributed by atoms with E-state index in [4.69, 9.17) is 4.74 Å². The van der Waals surface area contributed by atoms with Crippen LogP contribution in [-0.4, -0.2) is 62.1 Å². The Kier molecular flexibility index (Phi) is 6.34. The van der Waals surface area contributed by atoms with E-state index in [0.29, 0.717) is 26.2 Å². The second-order valence-electron chi connectivity index (χ2n) is 7.72. The van der Waals surface area contributed by atoms with Crippen LogP contribution in [0.3, 0.4) is 0 Å². The predicted octanol–water partition coefficient (Wildman–Crippen LogP) is 2.17. The van der Waals surface area contributed by atoms with Gasteiger partial charge in [-0.15, -0.1) is 0 Å². The number of piperazine rings is 1. The number of carbonyl (C=O) groups excluding carboxylic acids is 1. The fraction of sp³-hybridized carbons (Fsp3) is 0.632. The van der Waals surface area contributed by atoms with Crippen LogP contribution in [0.15, 0.2) is 18.2 Å². The molecular formula is C19H30N2O4S. The van der Waals surface area contributed by atoms with Crippen LogP contribution in [0, 0.1) is 6.92 Å². The van der Waals surface area contributed by atoms with Crippen molar-refractivity contribution in [3.05, 3.63) is 29.3 Å². The molecule has 0 aliphatic carbocycles. The Hall–Kier alpha value is -1.60. The molecule has 0 atom stereocenters. The Morgan fingerprint density at radius 3 is 2.31 bits per heavy atom. The van der Waals surface area contributed by atoms with E-state index in [1.165, 1.54) is 4.31 Å². The molecule has 146 valence electrons. The smallest absolute Gasteiger partial charge is 0.260 e. The molecule has 0 N–H and O–H groups in total. The number of nitrogens with zero attached hydrogens (tertiary/aromatic N) is 2. The summed E-state index contributed by atoms with van der Waals surface area (Å²) < 4.78 is 31.1. The van der Waals surface area contributed by atoms with Gasteiger partial charge in [0.2, 0.25) is 10.0 Å². The average Bonchev–Trinajstić information content (AvgIpc) is 2.59. The lowest BCUT2D eigenvalue weighted by atomic mass is 9.85. The predicted molar refractivity (Wildman–Crippen MR) is 103 cm³/mol. The van der Waals surface area contributed by atoms with Gasteiger partial charge in [-0.3, -0.25) is 4.79 Å². The second-order valence-corrected chi connectivity index (χ2v) is 9.98. The largest absolute Gasteiger partial charge is 0.483 e. The van der Waals surface area contributed by atoms with Crippen LogP contribution in [0.25, 0.3) is 0 Å². The Balaban J connectivity index is 1.97. The standard InChI is InChI=1S/C19H30N2O4S/c1-6-26(23,24)21-11-9-20(10-12-21)18(22)14-25-17-8-7-15(2)13-16(17)19(3,4)5/h7-8,13H,6,9-12,14H2,1-5H3. The first kappa shape index (κ1) is 20.7. The van der Waals surface area contributed by atoms with Crippen LogP contribution in [0.1, 0.15) is 38.8 Å². The minimum Gasteiger partial charge on any atom is -0.483 e. The van der Waals surface area contributed by atoms with E-state index in [1.807, 2.05) is 19.1 Å². The zero-order valence-corrected chi connectivity index (χ0v) is 17.2. The third kappa shape index (κ3) is 4.98. The van der Waals surface area contributed by atoms with Crippen molar-refractivity contribution in [2.24, 2.45) is 0 Å². The molecule has 0 radical (unpaired) electrons. The molecule has 0 aromatic heterocycles. The number of benzene rings is 1. The van der Waals surface area contributed by atoms with Crippen molar-refractivity contribution in [1.82, 2.24) is 9.21 Å². The molecule has 7 heteroatoms. The molecule has 6 nitrogen and oxygen atoms in total. The van der Waals surface area contributed by atoms with E-state index < -0.39 is 10.0 Å². The zero-order valence-electron chi connectivity index (χ0n) is 16.4. The molecule has 0 saturated carbocycles. The molecule has 1 fully saturated rings. The molecule has 2 rings (SSSR count). The van der Waals surface area contributed by atoms with Crippen LogP contribution in [0.4, 0.5) is 0 Å². The average molecular weight is 383 g/mol. The van der Waals surface area contributed by atoms with Gasteiger partial charge in [0.1, 0.15) is 5.75 Å². The summed E-state index contributed by atoms with van der Waals surface area (Å²) in [6.45, 7) is 11.5. The van der Waals surface area contributed by atoms with Gasteiger partial charge in [0.15, 0.2) is 6.61 Å². The molecule has 1 heterocycles. The SMILES string of the molecule is CCS(=O)(=O)N1CCN(C(=O)COc2ccc(C)cc2C(C)(C)C)CC1. The van der Waals surface area contributed by atoms with Crippen LogP contribution in [0.2, 0.25) is 0 Å².